The molecule has 0 amide bonds. The van der Waals surface area contributed by atoms with Gasteiger partial charge in [-0.2, -0.15) is 0 Å². The number of hydrogen-bond acceptors (Lipinski definition) is 2. The van der Waals surface area contributed by atoms with Crippen LogP contribution in [0.5, 0.6) is 0 Å². The van der Waals surface area contributed by atoms with Gasteiger partial charge in [0.25, 0.3) is 0 Å². The highest BCUT2D eigenvalue weighted by Crippen LogP contribution is 2.44. The number of anilines is 3. The lowest BCUT2D eigenvalue weighted by Gasteiger charge is -2.27. The van der Waals surface area contributed by atoms with Gasteiger partial charge in [0.1, 0.15) is 11.2 Å². The lowest BCUT2D eigenvalue weighted by atomic mass is 9.94. The Labute approximate surface area is 347 Å². The van der Waals surface area contributed by atoms with Crippen LogP contribution in [0.15, 0.2) is 229 Å². The third-order valence-corrected chi connectivity index (χ3v) is 12.2. The first kappa shape index (κ1) is 34.1. The molecule has 0 saturated carbocycles. The van der Waals surface area contributed by atoms with E-state index < -0.39 is 0 Å². The second-order valence-electron chi connectivity index (χ2n) is 15.6. The van der Waals surface area contributed by atoms with Crippen LogP contribution in [0.2, 0.25) is 0 Å². The summed E-state index contributed by atoms with van der Waals surface area (Å²) >= 11 is 0. The van der Waals surface area contributed by atoms with Gasteiger partial charge in [-0.25, -0.2) is 0 Å². The van der Waals surface area contributed by atoms with Gasteiger partial charge in [0.15, 0.2) is 0 Å². The first-order valence-electron chi connectivity index (χ1n) is 20.6. The molecule has 1 aromatic heterocycles. The summed E-state index contributed by atoms with van der Waals surface area (Å²) in [6.45, 7) is 0. The molecule has 11 aromatic carbocycles. The van der Waals surface area contributed by atoms with Gasteiger partial charge in [-0.3, -0.25) is 0 Å². The van der Waals surface area contributed by atoms with Gasteiger partial charge >= 0.3 is 0 Å². The van der Waals surface area contributed by atoms with Crippen LogP contribution in [0, 0.1) is 0 Å². The normalized spacial score (nSPS) is 11.7. The third-order valence-electron chi connectivity index (χ3n) is 12.2. The second kappa shape index (κ2) is 13.9. The van der Waals surface area contributed by atoms with Crippen LogP contribution in [-0.4, -0.2) is 0 Å². The molecule has 2 nitrogen and oxygen atoms in total. The SMILES string of the molecule is c1cc(-c2cccc3ccccc23)cc(N(c2ccc(-c3cccc4c3ccc3ccccc34)cc2)c2cccc(-c3cccc4oc5c6ccccc6ccc5c34)c2)c1. The van der Waals surface area contributed by atoms with E-state index in [1.807, 2.05) is 0 Å². The molecule has 0 spiro atoms. The molecule has 0 fully saturated rings. The highest BCUT2D eigenvalue weighted by molar-refractivity contribution is 6.19. The van der Waals surface area contributed by atoms with Crippen LogP contribution in [0.25, 0.3) is 98.4 Å². The Balaban J connectivity index is 1.02. The van der Waals surface area contributed by atoms with Crippen molar-refractivity contribution >= 4 is 82.1 Å². The third kappa shape index (κ3) is 5.57. The van der Waals surface area contributed by atoms with Gasteiger partial charge in [0.05, 0.1) is 0 Å². The molecule has 0 aliphatic rings. The van der Waals surface area contributed by atoms with Gasteiger partial charge in [0, 0.05) is 33.2 Å². The van der Waals surface area contributed by atoms with Crippen LogP contribution >= 0.6 is 0 Å². The van der Waals surface area contributed by atoms with Gasteiger partial charge in [-0.15, -0.1) is 0 Å². The minimum atomic E-state index is 0.890. The van der Waals surface area contributed by atoms with Crippen molar-refractivity contribution in [2.45, 2.75) is 0 Å². The lowest BCUT2D eigenvalue weighted by Crippen LogP contribution is -2.10. The Morgan fingerprint density at radius 2 is 0.800 bits per heavy atom. The number of benzene rings is 11. The molecule has 280 valence electrons. The molecule has 0 aliphatic heterocycles. The van der Waals surface area contributed by atoms with Crippen molar-refractivity contribution in [2.75, 3.05) is 4.90 Å². The molecular formula is C58H37NO. The highest BCUT2D eigenvalue weighted by atomic mass is 16.3. The van der Waals surface area contributed by atoms with Crippen molar-refractivity contribution in [3.05, 3.63) is 224 Å². The number of nitrogens with zero attached hydrogens (tertiary/aromatic N) is 1. The molecule has 60 heavy (non-hydrogen) atoms. The van der Waals surface area contributed by atoms with E-state index in [1.54, 1.807) is 0 Å². The van der Waals surface area contributed by atoms with Crippen molar-refractivity contribution < 1.29 is 4.42 Å². The van der Waals surface area contributed by atoms with Gasteiger partial charge < -0.3 is 9.32 Å². The van der Waals surface area contributed by atoms with Crippen LogP contribution in [0.1, 0.15) is 0 Å². The monoisotopic (exact) mass is 763 g/mol. The summed E-state index contributed by atoms with van der Waals surface area (Å²) in [4.78, 5) is 2.39. The first-order valence-corrected chi connectivity index (χ1v) is 20.6. The van der Waals surface area contributed by atoms with Crippen LogP contribution in [-0.2, 0) is 0 Å². The molecule has 0 bridgehead atoms. The summed E-state index contributed by atoms with van der Waals surface area (Å²) < 4.78 is 6.61. The van der Waals surface area contributed by atoms with Crippen molar-refractivity contribution in [3.8, 4) is 33.4 Å². The number of hydrogen-bond donors (Lipinski definition) is 0. The predicted octanol–water partition coefficient (Wildman–Crippen LogP) is 16.7. The van der Waals surface area contributed by atoms with Gasteiger partial charge in [0.2, 0.25) is 0 Å². The first-order chi connectivity index (χ1) is 29.7. The van der Waals surface area contributed by atoms with E-state index in [4.69, 9.17) is 4.42 Å². The molecule has 1 heterocycles. The molecule has 0 aliphatic carbocycles. The fourth-order valence-corrected chi connectivity index (χ4v) is 9.43. The van der Waals surface area contributed by atoms with Crippen LogP contribution < -0.4 is 4.90 Å². The molecule has 0 radical (unpaired) electrons. The van der Waals surface area contributed by atoms with E-state index in [-0.39, 0.29) is 0 Å². The average Bonchev–Trinajstić information content (AvgIpc) is 3.71. The van der Waals surface area contributed by atoms with Crippen LogP contribution in [0.3, 0.4) is 0 Å². The van der Waals surface area contributed by atoms with E-state index in [1.165, 1.54) is 60.0 Å². The minimum Gasteiger partial charge on any atom is -0.455 e. The fraction of sp³-hybridized carbons (Fsp3) is 0. The second-order valence-corrected chi connectivity index (χ2v) is 15.6. The molecule has 12 rings (SSSR count). The van der Waals surface area contributed by atoms with E-state index in [0.29, 0.717) is 0 Å². The Bertz CT molecular complexity index is 3610. The minimum absolute atomic E-state index is 0.890. The van der Waals surface area contributed by atoms with E-state index in [0.717, 1.165) is 55.5 Å². The highest BCUT2D eigenvalue weighted by Gasteiger charge is 2.19. The Morgan fingerprint density at radius 1 is 0.283 bits per heavy atom. The van der Waals surface area contributed by atoms with Crippen molar-refractivity contribution in [1.82, 2.24) is 0 Å². The number of furan rings is 1. The average molecular weight is 764 g/mol. The van der Waals surface area contributed by atoms with Crippen molar-refractivity contribution in [2.24, 2.45) is 0 Å². The zero-order chi connectivity index (χ0) is 39.6. The van der Waals surface area contributed by atoms with E-state index >= 15 is 0 Å². The largest absolute Gasteiger partial charge is 0.455 e. The predicted molar refractivity (Wildman–Crippen MR) is 255 cm³/mol. The standard InChI is InChI=1S/C58H37NO/c1-4-20-47-38(12-1)15-9-23-50(47)42-16-7-18-45(36-42)59(44-32-28-41(29-33-44)49-24-10-26-53-48-21-5-2-13-39(48)30-34-54(49)53)46-19-8-17-43(37-46)51-25-11-27-56-57(51)55-35-31-40-14-3-6-22-52(40)58(55)60-56/h1-37H. The summed E-state index contributed by atoms with van der Waals surface area (Å²) in [5.74, 6) is 0. The number of fused-ring (bicyclic) bond motifs is 9. The summed E-state index contributed by atoms with van der Waals surface area (Å²) in [6.07, 6.45) is 0. The van der Waals surface area contributed by atoms with Crippen molar-refractivity contribution in [3.63, 3.8) is 0 Å². The molecule has 0 atom stereocenters. The molecule has 0 N–H and O–H groups in total. The maximum Gasteiger partial charge on any atom is 0.143 e. The smallest absolute Gasteiger partial charge is 0.143 e. The summed E-state index contributed by atoms with van der Waals surface area (Å²) in [7, 11) is 0. The summed E-state index contributed by atoms with van der Waals surface area (Å²) in [5, 5.41) is 12.1. The van der Waals surface area contributed by atoms with E-state index in [9.17, 15) is 0 Å². The lowest BCUT2D eigenvalue weighted by molar-refractivity contribution is 0.673. The zero-order valence-corrected chi connectivity index (χ0v) is 32.7. The van der Waals surface area contributed by atoms with E-state index in [2.05, 4.69) is 229 Å². The van der Waals surface area contributed by atoms with Crippen molar-refractivity contribution in [1.29, 1.82) is 0 Å². The number of rotatable bonds is 6. The Morgan fingerprint density at radius 3 is 1.55 bits per heavy atom. The molecule has 0 saturated heterocycles. The quantitative estimate of drug-likeness (QED) is 0.157. The van der Waals surface area contributed by atoms with Gasteiger partial charge in [-0.1, -0.05) is 176 Å². The summed E-state index contributed by atoms with van der Waals surface area (Å²) in [5.41, 5.74) is 12.1. The van der Waals surface area contributed by atoms with Crippen LogP contribution in [0.4, 0.5) is 17.1 Å². The molecular weight excluding hydrogens is 727 g/mol. The molecule has 2 heteroatoms. The van der Waals surface area contributed by atoms with Gasteiger partial charge in [-0.05, 0) is 120 Å². The Hall–Kier alpha value is -7.94. The molecule has 0 unspecified atom stereocenters. The molecule has 12 aromatic rings. The topological polar surface area (TPSA) is 16.4 Å². The fourth-order valence-electron chi connectivity index (χ4n) is 9.43. The maximum atomic E-state index is 6.61. The Kier molecular flexibility index (Phi) is 7.89. The maximum absolute atomic E-state index is 6.61. The summed E-state index contributed by atoms with van der Waals surface area (Å²) in [6, 6.07) is 81.3. The zero-order valence-electron chi connectivity index (χ0n) is 32.7.